The van der Waals surface area contributed by atoms with Crippen molar-refractivity contribution in [3.8, 4) is 17.0 Å². The van der Waals surface area contributed by atoms with E-state index in [9.17, 15) is 29.8 Å². The van der Waals surface area contributed by atoms with Gasteiger partial charge in [-0.2, -0.15) is 0 Å². The van der Waals surface area contributed by atoms with Crippen LogP contribution in [0.4, 0.5) is 22.2 Å². The summed E-state index contributed by atoms with van der Waals surface area (Å²) >= 11 is 1.10. The molecule has 1 unspecified atom stereocenters. The number of nitrogens with one attached hydrogen (secondary N) is 2. The average molecular weight is 455 g/mol. The Morgan fingerprint density at radius 2 is 1.84 bits per heavy atom. The number of fused-ring (bicyclic) bond motifs is 1. The number of rotatable bonds is 5. The second-order valence-electron chi connectivity index (χ2n) is 6.70. The van der Waals surface area contributed by atoms with Crippen LogP contribution < -0.4 is 15.4 Å². The minimum atomic E-state index is -0.815. The molecule has 2 aromatic carbocycles. The van der Waals surface area contributed by atoms with Crippen LogP contribution in [0.2, 0.25) is 0 Å². The number of aromatic nitrogens is 1. The van der Waals surface area contributed by atoms with Gasteiger partial charge in [-0.25, -0.2) is 4.98 Å². The van der Waals surface area contributed by atoms with Crippen LogP contribution in [0.15, 0.2) is 41.8 Å². The first-order valence-corrected chi connectivity index (χ1v) is 9.92. The lowest BCUT2D eigenvalue weighted by Gasteiger charge is -2.23. The van der Waals surface area contributed by atoms with E-state index in [-0.39, 0.29) is 16.6 Å². The Kier molecular flexibility index (Phi) is 5.24. The number of ether oxygens (including phenoxy) is 1. The van der Waals surface area contributed by atoms with E-state index in [1.54, 1.807) is 30.5 Å². The van der Waals surface area contributed by atoms with Crippen LogP contribution in [-0.2, 0) is 4.79 Å². The Hall–Kier alpha value is -4.39. The molecule has 13 heteroatoms. The van der Waals surface area contributed by atoms with Gasteiger partial charge in [0, 0.05) is 23.1 Å². The Balaban J connectivity index is 1.56. The number of nitro groups is 2. The van der Waals surface area contributed by atoms with E-state index >= 15 is 0 Å². The summed E-state index contributed by atoms with van der Waals surface area (Å²) < 4.78 is 5.51. The van der Waals surface area contributed by atoms with Crippen molar-refractivity contribution in [2.45, 2.75) is 13.0 Å². The van der Waals surface area contributed by atoms with E-state index in [4.69, 9.17) is 4.74 Å². The monoisotopic (exact) mass is 455 g/mol. The zero-order chi connectivity index (χ0) is 23.0. The van der Waals surface area contributed by atoms with Crippen molar-refractivity contribution in [1.82, 2.24) is 4.98 Å². The topological polar surface area (TPSA) is 167 Å². The summed E-state index contributed by atoms with van der Waals surface area (Å²) in [6.07, 6.45) is -0.598. The number of thiazole rings is 1. The van der Waals surface area contributed by atoms with Crippen molar-refractivity contribution in [3.63, 3.8) is 0 Å². The second kappa shape index (κ2) is 8.03. The molecule has 1 aromatic heterocycles. The summed E-state index contributed by atoms with van der Waals surface area (Å²) in [6.45, 7) is 1.64. The van der Waals surface area contributed by atoms with Gasteiger partial charge in [-0.05, 0) is 25.1 Å². The zero-order valence-corrected chi connectivity index (χ0v) is 17.0. The van der Waals surface area contributed by atoms with Crippen LogP contribution in [-0.4, -0.2) is 32.7 Å². The van der Waals surface area contributed by atoms with Gasteiger partial charge < -0.3 is 10.1 Å². The lowest BCUT2D eigenvalue weighted by molar-refractivity contribution is -0.394. The quantitative estimate of drug-likeness (QED) is 0.435. The minimum Gasteiger partial charge on any atom is -0.479 e. The fourth-order valence-electron chi connectivity index (χ4n) is 2.94. The third-order valence-corrected chi connectivity index (χ3v) is 5.27. The Morgan fingerprint density at radius 3 is 2.50 bits per heavy atom. The Bertz CT molecular complexity index is 1260. The van der Waals surface area contributed by atoms with E-state index < -0.39 is 33.2 Å². The molecule has 1 atom stereocenters. The fourth-order valence-corrected chi connectivity index (χ4v) is 3.65. The van der Waals surface area contributed by atoms with Crippen molar-refractivity contribution >= 4 is 45.3 Å². The lowest BCUT2D eigenvalue weighted by atomic mass is 10.1. The molecule has 4 rings (SSSR count). The van der Waals surface area contributed by atoms with Crippen molar-refractivity contribution in [3.05, 3.63) is 67.6 Å². The zero-order valence-electron chi connectivity index (χ0n) is 16.2. The van der Waals surface area contributed by atoms with Gasteiger partial charge in [-0.3, -0.25) is 35.1 Å². The largest absolute Gasteiger partial charge is 0.479 e. The predicted octanol–water partition coefficient (Wildman–Crippen LogP) is 3.60. The summed E-state index contributed by atoms with van der Waals surface area (Å²) in [6, 6.07) is 7.79. The first-order chi connectivity index (χ1) is 15.2. The number of anilines is 2. The Morgan fingerprint density at radius 1 is 1.16 bits per heavy atom. The molecule has 2 amide bonds. The molecular formula is C19H13N5O7S. The molecule has 0 radical (unpaired) electrons. The summed E-state index contributed by atoms with van der Waals surface area (Å²) in [5.74, 6) is -0.526. The first kappa shape index (κ1) is 20.9. The Labute approximate surface area is 183 Å². The molecular weight excluding hydrogens is 442 g/mol. The van der Waals surface area contributed by atoms with Gasteiger partial charge in [0.05, 0.1) is 32.9 Å². The molecule has 32 heavy (non-hydrogen) atoms. The van der Waals surface area contributed by atoms with Crippen LogP contribution >= 0.6 is 11.3 Å². The smallest absolute Gasteiger partial charge is 0.277 e. The number of amides is 2. The van der Waals surface area contributed by atoms with E-state index in [0.717, 1.165) is 29.5 Å². The third-order valence-electron chi connectivity index (χ3n) is 4.52. The maximum atomic E-state index is 12.5. The lowest BCUT2D eigenvalue weighted by Crippen LogP contribution is -2.34. The minimum absolute atomic E-state index is 0.186. The highest BCUT2D eigenvalue weighted by molar-refractivity contribution is 7.14. The summed E-state index contributed by atoms with van der Waals surface area (Å²) in [7, 11) is 0. The molecule has 0 saturated carbocycles. The van der Waals surface area contributed by atoms with Crippen molar-refractivity contribution in [2.24, 2.45) is 0 Å². The highest BCUT2D eigenvalue weighted by Crippen LogP contribution is 2.35. The van der Waals surface area contributed by atoms with Gasteiger partial charge in [-0.1, -0.05) is 0 Å². The molecule has 0 spiro atoms. The van der Waals surface area contributed by atoms with Crippen molar-refractivity contribution < 1.29 is 24.2 Å². The molecule has 3 aromatic rings. The summed E-state index contributed by atoms with van der Waals surface area (Å²) in [5, 5.41) is 29.1. The van der Waals surface area contributed by atoms with Crippen molar-refractivity contribution in [2.75, 3.05) is 10.6 Å². The summed E-state index contributed by atoms with van der Waals surface area (Å²) in [5.41, 5.74) is 0.267. The van der Waals surface area contributed by atoms with Gasteiger partial charge >= 0.3 is 0 Å². The van der Waals surface area contributed by atoms with E-state index in [0.29, 0.717) is 22.7 Å². The van der Waals surface area contributed by atoms with Crippen molar-refractivity contribution in [1.29, 1.82) is 0 Å². The number of nitrogens with zero attached hydrogens (tertiary/aromatic N) is 3. The number of benzene rings is 2. The molecule has 1 aliphatic rings. The number of hydrogen-bond acceptors (Lipinski definition) is 9. The average Bonchev–Trinajstić information content (AvgIpc) is 3.22. The van der Waals surface area contributed by atoms with Gasteiger partial charge in [0.25, 0.3) is 23.2 Å². The fraction of sp³-hybridized carbons (Fsp3) is 0.105. The highest BCUT2D eigenvalue weighted by Gasteiger charge is 2.24. The first-order valence-electron chi connectivity index (χ1n) is 9.04. The van der Waals surface area contributed by atoms with E-state index in [1.165, 1.54) is 0 Å². The molecule has 2 heterocycles. The maximum Gasteiger partial charge on any atom is 0.277 e. The highest BCUT2D eigenvalue weighted by atomic mass is 32.1. The van der Waals surface area contributed by atoms with Gasteiger partial charge in [-0.15, -0.1) is 11.3 Å². The molecule has 12 nitrogen and oxygen atoms in total. The van der Waals surface area contributed by atoms with Gasteiger partial charge in [0.1, 0.15) is 5.75 Å². The third kappa shape index (κ3) is 4.09. The molecule has 0 aliphatic carbocycles. The van der Waals surface area contributed by atoms with Crippen LogP contribution in [0.25, 0.3) is 11.3 Å². The van der Waals surface area contributed by atoms with Crippen LogP contribution in [0.5, 0.6) is 5.75 Å². The van der Waals surface area contributed by atoms with Crippen LogP contribution in [0.1, 0.15) is 17.3 Å². The van der Waals surface area contributed by atoms with Crippen LogP contribution in [0, 0.1) is 20.2 Å². The predicted molar refractivity (Wildman–Crippen MR) is 114 cm³/mol. The molecule has 0 saturated heterocycles. The SMILES string of the molecule is CC1Oc2ccc(-c3csc(NC(=O)c4cc([N+](=O)[O-])cc([N+](=O)[O-])c4)n3)cc2NC1=O. The van der Waals surface area contributed by atoms with E-state index in [2.05, 4.69) is 15.6 Å². The number of non-ortho nitro benzene ring substituents is 2. The number of hydrogen-bond donors (Lipinski definition) is 2. The summed E-state index contributed by atoms with van der Waals surface area (Å²) in [4.78, 5) is 49.0. The van der Waals surface area contributed by atoms with E-state index in [1.807, 2.05) is 0 Å². The number of nitro benzene ring substituents is 2. The van der Waals surface area contributed by atoms with Gasteiger partial charge in [0.15, 0.2) is 11.2 Å². The number of carbonyl (C=O) groups is 2. The second-order valence-corrected chi connectivity index (χ2v) is 7.56. The molecule has 1 aliphatic heterocycles. The maximum absolute atomic E-state index is 12.5. The van der Waals surface area contributed by atoms with Crippen LogP contribution in [0.3, 0.4) is 0 Å². The standard InChI is InChI=1S/C19H13N5O7S/c1-9-17(25)20-14-6-10(2-3-16(14)31-9)15-8-32-19(21-15)22-18(26)11-4-12(23(27)28)7-13(5-11)24(29)30/h2-9H,1H3,(H,20,25)(H,21,22,26). The normalized spacial score (nSPS) is 14.7. The molecule has 0 fully saturated rings. The number of carbonyl (C=O) groups excluding carboxylic acids is 2. The molecule has 2 N–H and O–H groups in total. The molecule has 162 valence electrons. The molecule has 0 bridgehead atoms. The van der Waals surface area contributed by atoms with Gasteiger partial charge in [0.2, 0.25) is 0 Å².